The number of methoxy groups -OCH3 is 1. The Bertz CT molecular complexity index is 899. The second-order valence-corrected chi connectivity index (χ2v) is 8.06. The summed E-state index contributed by atoms with van der Waals surface area (Å²) in [5.41, 5.74) is 2.14. The number of aromatic nitrogens is 2. The van der Waals surface area contributed by atoms with Crippen molar-refractivity contribution >= 4 is 36.4 Å². The van der Waals surface area contributed by atoms with Crippen LogP contribution >= 0.6 is 24.8 Å². The molecule has 0 spiro atoms. The molecule has 2 aliphatic carbocycles. The first-order valence-corrected chi connectivity index (χ1v) is 9.96. The van der Waals surface area contributed by atoms with Gasteiger partial charge < -0.3 is 15.4 Å². The largest absolute Gasteiger partial charge is 0.496 e. The van der Waals surface area contributed by atoms with E-state index in [1.165, 1.54) is 7.11 Å². The number of aryl methyl sites for hydroxylation is 1. The smallest absolute Gasteiger partial charge is 0.259 e. The van der Waals surface area contributed by atoms with Crippen LogP contribution in [0.3, 0.4) is 0 Å². The van der Waals surface area contributed by atoms with Gasteiger partial charge in [-0.3, -0.25) is 9.48 Å². The van der Waals surface area contributed by atoms with Crippen molar-refractivity contribution in [3.63, 3.8) is 0 Å². The van der Waals surface area contributed by atoms with Gasteiger partial charge in [0.15, 0.2) is 0 Å². The molecule has 2 saturated carbocycles. The topological polar surface area (TPSA) is 68.2 Å². The summed E-state index contributed by atoms with van der Waals surface area (Å²) in [5, 5.41) is 10.4. The molecule has 1 amide bonds. The molecule has 172 valence electrons. The Balaban J connectivity index is 0.00000171. The molecule has 0 unspecified atom stereocenters. The molecule has 0 aliphatic heterocycles. The Kier molecular flexibility index (Phi) is 8.30. The Morgan fingerprint density at radius 1 is 1.26 bits per heavy atom. The molecular weight excluding hydrogens is 449 g/mol. The van der Waals surface area contributed by atoms with Gasteiger partial charge in [0.1, 0.15) is 5.75 Å². The molecule has 6 nitrogen and oxygen atoms in total. The first kappa shape index (κ1) is 25.4. The van der Waals surface area contributed by atoms with E-state index in [1.807, 2.05) is 18.2 Å². The van der Waals surface area contributed by atoms with Crippen LogP contribution in [0.15, 0.2) is 30.6 Å². The summed E-state index contributed by atoms with van der Waals surface area (Å²) in [4.78, 5) is 12.7. The van der Waals surface area contributed by atoms with Gasteiger partial charge in [0, 0.05) is 44.1 Å². The van der Waals surface area contributed by atoms with Gasteiger partial charge in [0.25, 0.3) is 5.91 Å². The van der Waals surface area contributed by atoms with E-state index in [4.69, 9.17) is 4.74 Å². The van der Waals surface area contributed by atoms with Crippen LogP contribution in [0, 0.1) is 0 Å². The molecular formula is C21H28Cl2F2N4O2. The maximum atomic E-state index is 13.3. The van der Waals surface area contributed by atoms with Crippen molar-refractivity contribution in [2.24, 2.45) is 7.05 Å². The second-order valence-electron chi connectivity index (χ2n) is 8.06. The average Bonchev–Trinajstić information content (AvgIpc) is 3.34. The van der Waals surface area contributed by atoms with Crippen LogP contribution < -0.4 is 15.4 Å². The monoisotopic (exact) mass is 476 g/mol. The first-order valence-electron chi connectivity index (χ1n) is 9.96. The molecule has 2 fully saturated rings. The fraction of sp³-hybridized carbons (Fsp3) is 0.524. The second kappa shape index (κ2) is 10.1. The molecule has 1 aromatic heterocycles. The number of nitrogens with zero attached hydrogens (tertiary/aromatic N) is 2. The van der Waals surface area contributed by atoms with Gasteiger partial charge in [-0.05, 0) is 37.0 Å². The number of nitrogens with one attached hydrogen (secondary N) is 2. The summed E-state index contributed by atoms with van der Waals surface area (Å²) in [6, 6.07) is 6.07. The average molecular weight is 477 g/mol. The van der Waals surface area contributed by atoms with E-state index in [1.54, 1.807) is 24.1 Å². The van der Waals surface area contributed by atoms with Gasteiger partial charge in [-0.1, -0.05) is 6.07 Å². The van der Waals surface area contributed by atoms with Crippen LogP contribution in [0.25, 0.3) is 0 Å². The molecule has 1 aromatic carbocycles. The molecule has 0 bridgehead atoms. The molecule has 10 heteroatoms. The Labute approximate surface area is 192 Å². The van der Waals surface area contributed by atoms with Crippen LogP contribution in [0.5, 0.6) is 5.75 Å². The quantitative estimate of drug-likeness (QED) is 0.641. The SMILES string of the molecule is COc1ccc([C@@H]2C[C@H]2NC2CCC(F)(F)CC2)cc1C(=O)Nc1cnn(C)c1.Cl.Cl. The highest BCUT2D eigenvalue weighted by atomic mass is 35.5. The third kappa shape index (κ3) is 6.08. The van der Waals surface area contributed by atoms with Crippen molar-refractivity contribution in [3.8, 4) is 5.75 Å². The lowest BCUT2D eigenvalue weighted by atomic mass is 9.92. The molecule has 2 atom stereocenters. The van der Waals surface area contributed by atoms with E-state index >= 15 is 0 Å². The van der Waals surface area contributed by atoms with Crippen molar-refractivity contribution in [3.05, 3.63) is 41.7 Å². The molecule has 2 N–H and O–H groups in total. The third-order valence-corrected chi connectivity index (χ3v) is 5.82. The Hall–Kier alpha value is -1.90. The molecule has 31 heavy (non-hydrogen) atoms. The van der Waals surface area contributed by atoms with Crippen molar-refractivity contribution < 1.29 is 18.3 Å². The van der Waals surface area contributed by atoms with Gasteiger partial charge in [0.05, 0.1) is 24.6 Å². The van der Waals surface area contributed by atoms with Crippen molar-refractivity contribution in [2.75, 3.05) is 12.4 Å². The highest BCUT2D eigenvalue weighted by Crippen LogP contribution is 2.43. The summed E-state index contributed by atoms with van der Waals surface area (Å²) in [5.74, 6) is -1.97. The van der Waals surface area contributed by atoms with Gasteiger partial charge in [-0.2, -0.15) is 5.10 Å². The van der Waals surface area contributed by atoms with Crippen molar-refractivity contribution in [2.45, 2.75) is 56.0 Å². The lowest BCUT2D eigenvalue weighted by molar-refractivity contribution is -0.0405. The molecule has 1 heterocycles. The van der Waals surface area contributed by atoms with Gasteiger partial charge in [0.2, 0.25) is 5.92 Å². The summed E-state index contributed by atoms with van der Waals surface area (Å²) in [6.07, 6.45) is 5.20. The number of amides is 1. The van der Waals surface area contributed by atoms with Crippen LogP contribution in [-0.2, 0) is 7.05 Å². The summed E-state index contributed by atoms with van der Waals surface area (Å²) in [7, 11) is 3.32. The van der Waals surface area contributed by atoms with Crippen molar-refractivity contribution in [1.82, 2.24) is 15.1 Å². The fourth-order valence-corrected chi connectivity index (χ4v) is 4.08. The number of ether oxygens (including phenoxy) is 1. The Morgan fingerprint density at radius 3 is 2.58 bits per heavy atom. The zero-order chi connectivity index (χ0) is 20.6. The van der Waals surface area contributed by atoms with E-state index in [-0.39, 0.29) is 61.6 Å². The number of carbonyl (C=O) groups excluding carboxylic acids is 1. The lowest BCUT2D eigenvalue weighted by Crippen LogP contribution is -2.38. The summed E-state index contributed by atoms with van der Waals surface area (Å²) in [6.45, 7) is 0. The number of rotatable bonds is 6. The van der Waals surface area contributed by atoms with Crippen LogP contribution in [0.2, 0.25) is 0 Å². The third-order valence-electron chi connectivity index (χ3n) is 5.82. The van der Waals surface area contributed by atoms with Gasteiger partial charge in [-0.25, -0.2) is 8.78 Å². The van der Waals surface area contributed by atoms with E-state index < -0.39 is 5.92 Å². The van der Waals surface area contributed by atoms with Crippen LogP contribution in [-0.4, -0.2) is 40.8 Å². The van der Waals surface area contributed by atoms with E-state index in [0.29, 0.717) is 29.8 Å². The molecule has 4 rings (SSSR count). The summed E-state index contributed by atoms with van der Waals surface area (Å²) < 4.78 is 33.7. The first-order chi connectivity index (χ1) is 13.8. The minimum absolute atomic E-state index is 0. The molecule has 2 aromatic rings. The predicted octanol–water partition coefficient (Wildman–Crippen LogP) is 4.55. The van der Waals surface area contributed by atoms with E-state index in [9.17, 15) is 13.6 Å². The van der Waals surface area contributed by atoms with Gasteiger partial charge in [-0.15, -0.1) is 24.8 Å². The fourth-order valence-electron chi connectivity index (χ4n) is 4.08. The molecule has 0 radical (unpaired) electrons. The van der Waals surface area contributed by atoms with Crippen LogP contribution in [0.1, 0.15) is 53.9 Å². The van der Waals surface area contributed by atoms with E-state index in [2.05, 4.69) is 15.7 Å². The van der Waals surface area contributed by atoms with Crippen molar-refractivity contribution in [1.29, 1.82) is 0 Å². The summed E-state index contributed by atoms with van der Waals surface area (Å²) >= 11 is 0. The number of hydrogen-bond donors (Lipinski definition) is 2. The molecule has 2 aliphatic rings. The maximum Gasteiger partial charge on any atom is 0.259 e. The minimum Gasteiger partial charge on any atom is -0.496 e. The standard InChI is InChI=1S/C21H26F2N4O2.2ClH/c1-27-12-15(11-24-27)26-20(28)17-9-13(3-4-19(17)29-2)16-10-18(16)25-14-5-7-21(22,23)8-6-14;;/h3-4,9,11-12,14,16,18,25H,5-8,10H2,1-2H3,(H,26,28);2*1H/t16-,18+;;/m0../s1. The van der Waals surface area contributed by atoms with E-state index in [0.717, 1.165) is 12.0 Å². The predicted molar refractivity (Wildman–Crippen MR) is 120 cm³/mol. The maximum absolute atomic E-state index is 13.3. The molecule has 0 saturated heterocycles. The number of halogens is 4. The van der Waals surface area contributed by atoms with Crippen LogP contribution in [0.4, 0.5) is 14.5 Å². The zero-order valence-electron chi connectivity index (χ0n) is 17.4. The normalized spacial score (nSPS) is 22.1. The lowest BCUT2D eigenvalue weighted by Gasteiger charge is -2.29. The van der Waals surface area contributed by atoms with Gasteiger partial charge >= 0.3 is 0 Å². The zero-order valence-corrected chi connectivity index (χ0v) is 19.1. The number of benzene rings is 1. The number of alkyl halides is 2. The minimum atomic E-state index is -2.51. The number of carbonyl (C=O) groups is 1. The number of hydrogen-bond acceptors (Lipinski definition) is 4. The Morgan fingerprint density at radius 2 is 1.97 bits per heavy atom. The number of anilines is 1. The highest BCUT2D eigenvalue weighted by molar-refractivity contribution is 6.06. The highest BCUT2D eigenvalue weighted by Gasteiger charge is 2.42.